The molecular formula is C18H20ClN5O2. The number of anilines is 2. The Labute approximate surface area is 156 Å². The molecule has 0 unspecified atom stereocenters. The van der Waals surface area contributed by atoms with Crippen LogP contribution in [0, 0.1) is 13.8 Å². The Morgan fingerprint density at radius 3 is 2.77 bits per heavy atom. The van der Waals surface area contributed by atoms with Crippen LogP contribution in [-0.2, 0) is 6.54 Å². The van der Waals surface area contributed by atoms with E-state index in [1.165, 1.54) is 0 Å². The molecule has 0 aliphatic carbocycles. The van der Waals surface area contributed by atoms with Gasteiger partial charge in [-0.05, 0) is 20.8 Å². The van der Waals surface area contributed by atoms with E-state index in [0.29, 0.717) is 24.5 Å². The maximum atomic E-state index is 12.7. The highest BCUT2D eigenvalue weighted by atomic mass is 35.5. The van der Waals surface area contributed by atoms with Crippen molar-refractivity contribution in [1.29, 1.82) is 0 Å². The number of methoxy groups -OCH3 is 1. The fourth-order valence-corrected chi connectivity index (χ4v) is 3.40. The molecule has 2 N–H and O–H groups in total. The smallest absolute Gasteiger partial charge is 0.223 e. The van der Waals surface area contributed by atoms with E-state index < -0.39 is 0 Å². The zero-order valence-corrected chi connectivity index (χ0v) is 15.9. The van der Waals surface area contributed by atoms with Crippen LogP contribution in [0.3, 0.4) is 0 Å². The first kappa shape index (κ1) is 18.1. The molecule has 0 bridgehead atoms. The summed E-state index contributed by atoms with van der Waals surface area (Å²) in [7, 11) is 1.64. The van der Waals surface area contributed by atoms with Crippen LogP contribution in [0.4, 0.5) is 11.8 Å². The molecule has 0 atom stereocenters. The molecule has 0 saturated carbocycles. The maximum absolute atomic E-state index is 12.7. The van der Waals surface area contributed by atoms with Crippen LogP contribution >= 0.6 is 11.6 Å². The van der Waals surface area contributed by atoms with E-state index in [1.807, 2.05) is 25.7 Å². The number of aromatic nitrogens is 3. The van der Waals surface area contributed by atoms with Crippen molar-refractivity contribution in [3.8, 4) is 5.75 Å². The van der Waals surface area contributed by atoms with Gasteiger partial charge in [-0.25, -0.2) is 4.98 Å². The van der Waals surface area contributed by atoms with Gasteiger partial charge in [0, 0.05) is 29.4 Å². The highest BCUT2D eigenvalue weighted by molar-refractivity contribution is 6.35. The van der Waals surface area contributed by atoms with Crippen molar-refractivity contribution in [3.63, 3.8) is 0 Å². The molecule has 136 valence electrons. The van der Waals surface area contributed by atoms with Crippen molar-refractivity contribution in [2.45, 2.75) is 27.3 Å². The molecule has 2 aromatic rings. The van der Waals surface area contributed by atoms with Gasteiger partial charge >= 0.3 is 0 Å². The summed E-state index contributed by atoms with van der Waals surface area (Å²) in [6.45, 7) is 6.56. The standard InChI is InChI=1S/C18H20ClN5O2/c1-5-11-7-24(8-12-10(3)15(26-4)9(2)6-21-12)17-13(14(11)25)16(19)22-18(20)23-17/h5-6H,7-8H2,1-4H3,(H2,20,22,23)/b11-5+. The molecule has 0 radical (unpaired) electrons. The van der Waals surface area contributed by atoms with Gasteiger partial charge in [0.15, 0.2) is 5.78 Å². The summed E-state index contributed by atoms with van der Waals surface area (Å²) in [4.78, 5) is 27.3. The number of rotatable bonds is 3. The molecule has 26 heavy (non-hydrogen) atoms. The highest BCUT2D eigenvalue weighted by Crippen LogP contribution is 2.34. The molecule has 2 aromatic heterocycles. The van der Waals surface area contributed by atoms with Gasteiger partial charge in [-0.3, -0.25) is 9.78 Å². The van der Waals surface area contributed by atoms with Crippen molar-refractivity contribution < 1.29 is 9.53 Å². The molecule has 3 heterocycles. The number of ether oxygens (including phenoxy) is 1. The Kier molecular flexibility index (Phi) is 4.82. The van der Waals surface area contributed by atoms with Gasteiger partial charge in [-0.15, -0.1) is 0 Å². The van der Waals surface area contributed by atoms with Crippen molar-refractivity contribution >= 4 is 29.2 Å². The minimum atomic E-state index is -0.171. The molecule has 0 fully saturated rings. The second-order valence-corrected chi connectivity index (χ2v) is 6.47. The van der Waals surface area contributed by atoms with E-state index >= 15 is 0 Å². The summed E-state index contributed by atoms with van der Waals surface area (Å²) in [5.74, 6) is 1.09. The first-order valence-electron chi connectivity index (χ1n) is 8.14. The molecule has 0 saturated heterocycles. The van der Waals surface area contributed by atoms with Crippen LogP contribution in [0.15, 0.2) is 17.8 Å². The van der Waals surface area contributed by atoms with Gasteiger partial charge < -0.3 is 15.4 Å². The second-order valence-electron chi connectivity index (χ2n) is 6.12. The molecular weight excluding hydrogens is 354 g/mol. The van der Waals surface area contributed by atoms with Crippen molar-refractivity contribution in [2.24, 2.45) is 0 Å². The van der Waals surface area contributed by atoms with E-state index in [0.717, 1.165) is 22.6 Å². The molecule has 1 aliphatic rings. The topological polar surface area (TPSA) is 94.2 Å². The fourth-order valence-electron chi connectivity index (χ4n) is 3.14. The number of halogens is 1. The van der Waals surface area contributed by atoms with Gasteiger partial charge in [0.1, 0.15) is 22.3 Å². The number of hydrogen-bond donors (Lipinski definition) is 1. The number of carbonyl (C=O) groups is 1. The van der Waals surface area contributed by atoms with Gasteiger partial charge in [0.2, 0.25) is 5.95 Å². The minimum absolute atomic E-state index is 0.0293. The van der Waals surface area contributed by atoms with Crippen molar-refractivity contribution in [1.82, 2.24) is 15.0 Å². The Morgan fingerprint density at radius 2 is 2.12 bits per heavy atom. The normalized spacial score (nSPS) is 15.3. The van der Waals surface area contributed by atoms with Gasteiger partial charge in [-0.2, -0.15) is 4.98 Å². The lowest BCUT2D eigenvalue weighted by Gasteiger charge is -2.31. The summed E-state index contributed by atoms with van der Waals surface area (Å²) in [5, 5.41) is 0.0627. The average Bonchev–Trinajstić information content (AvgIpc) is 2.59. The van der Waals surface area contributed by atoms with E-state index in [9.17, 15) is 4.79 Å². The third-order valence-corrected chi connectivity index (χ3v) is 4.75. The fraction of sp³-hybridized carbons (Fsp3) is 0.333. The lowest BCUT2D eigenvalue weighted by Crippen LogP contribution is -2.35. The number of aryl methyl sites for hydroxylation is 1. The number of nitrogens with two attached hydrogens (primary N) is 1. The zero-order valence-electron chi connectivity index (χ0n) is 15.1. The molecule has 0 spiro atoms. The molecule has 1 aliphatic heterocycles. The van der Waals surface area contributed by atoms with Crippen LogP contribution in [0.2, 0.25) is 5.15 Å². The Balaban J connectivity index is 2.10. The molecule has 7 nitrogen and oxygen atoms in total. The number of ketones is 1. The van der Waals surface area contributed by atoms with Crippen LogP contribution < -0.4 is 15.4 Å². The summed E-state index contributed by atoms with van der Waals surface area (Å²) >= 11 is 6.19. The molecule has 3 rings (SSSR count). The SMILES string of the molecule is C/C=C1\CN(Cc2ncc(C)c(OC)c2C)c2nc(N)nc(Cl)c2C1=O. The van der Waals surface area contributed by atoms with Crippen LogP contribution in [0.1, 0.15) is 34.1 Å². The lowest BCUT2D eigenvalue weighted by molar-refractivity contribution is 0.102. The number of fused-ring (bicyclic) bond motifs is 1. The number of hydrogen-bond acceptors (Lipinski definition) is 7. The van der Waals surface area contributed by atoms with E-state index in [4.69, 9.17) is 22.1 Å². The van der Waals surface area contributed by atoms with Gasteiger partial charge in [0.25, 0.3) is 0 Å². The number of carbonyl (C=O) groups excluding carboxylic acids is 1. The number of allylic oxidation sites excluding steroid dienone is 1. The van der Waals surface area contributed by atoms with E-state index in [-0.39, 0.29) is 22.4 Å². The third-order valence-electron chi connectivity index (χ3n) is 4.48. The van der Waals surface area contributed by atoms with Crippen LogP contribution in [0.25, 0.3) is 0 Å². The van der Waals surface area contributed by atoms with Crippen LogP contribution in [0.5, 0.6) is 5.75 Å². The number of Topliss-reactive ketones (excluding diaryl/α,β-unsaturated/α-hetero) is 1. The van der Waals surface area contributed by atoms with Gasteiger partial charge in [-0.1, -0.05) is 17.7 Å². The monoisotopic (exact) mass is 373 g/mol. The average molecular weight is 374 g/mol. The number of pyridine rings is 1. The minimum Gasteiger partial charge on any atom is -0.496 e. The Bertz CT molecular complexity index is 926. The predicted molar refractivity (Wildman–Crippen MR) is 101 cm³/mol. The number of nitrogens with zero attached hydrogens (tertiary/aromatic N) is 4. The Hall–Kier alpha value is -2.67. The molecule has 0 amide bonds. The third kappa shape index (κ3) is 2.99. The molecule has 0 aromatic carbocycles. The zero-order chi connectivity index (χ0) is 19.0. The second kappa shape index (κ2) is 6.92. The predicted octanol–water partition coefficient (Wildman–Crippen LogP) is 2.88. The number of nitrogen functional groups attached to an aromatic ring is 1. The maximum Gasteiger partial charge on any atom is 0.223 e. The van der Waals surface area contributed by atoms with Crippen molar-refractivity contribution in [2.75, 3.05) is 24.3 Å². The first-order chi connectivity index (χ1) is 12.4. The lowest BCUT2D eigenvalue weighted by atomic mass is 9.99. The van der Waals surface area contributed by atoms with E-state index in [2.05, 4.69) is 15.0 Å². The summed E-state index contributed by atoms with van der Waals surface area (Å²) < 4.78 is 5.48. The quantitative estimate of drug-likeness (QED) is 0.652. The van der Waals surface area contributed by atoms with Gasteiger partial charge in [0.05, 0.1) is 19.3 Å². The van der Waals surface area contributed by atoms with Crippen LogP contribution in [-0.4, -0.2) is 34.4 Å². The Morgan fingerprint density at radius 1 is 1.38 bits per heavy atom. The molecule has 8 heteroatoms. The summed E-state index contributed by atoms with van der Waals surface area (Å²) in [6, 6.07) is 0. The summed E-state index contributed by atoms with van der Waals surface area (Å²) in [5.41, 5.74) is 9.40. The van der Waals surface area contributed by atoms with E-state index in [1.54, 1.807) is 19.4 Å². The largest absolute Gasteiger partial charge is 0.496 e. The first-order valence-corrected chi connectivity index (χ1v) is 8.52. The van der Waals surface area contributed by atoms with Crippen molar-refractivity contribution in [3.05, 3.63) is 45.4 Å². The summed E-state index contributed by atoms with van der Waals surface area (Å²) in [6.07, 6.45) is 3.55. The highest BCUT2D eigenvalue weighted by Gasteiger charge is 2.32.